The Hall–Kier alpha value is -1.96. The number of benzene rings is 1. The van der Waals surface area contributed by atoms with Crippen LogP contribution in [0.25, 0.3) is 11.1 Å². The zero-order chi connectivity index (χ0) is 11.4. The highest BCUT2D eigenvalue weighted by atomic mass is 19.1. The van der Waals surface area contributed by atoms with Crippen molar-refractivity contribution in [1.29, 1.82) is 0 Å². The molecule has 1 atom stereocenters. The predicted molar refractivity (Wildman–Crippen MR) is 63.7 cm³/mol. The molecule has 1 heterocycles. The van der Waals surface area contributed by atoms with E-state index in [1.807, 2.05) is 24.3 Å². The summed E-state index contributed by atoms with van der Waals surface area (Å²) in [5.41, 5.74) is 2.77. The average molecular weight is 213 g/mol. The van der Waals surface area contributed by atoms with Gasteiger partial charge in [-0.2, -0.15) is 0 Å². The zero-order valence-corrected chi connectivity index (χ0v) is 8.81. The largest absolute Gasteiger partial charge is 0.265 e. The molecule has 2 rings (SSSR count). The van der Waals surface area contributed by atoms with Gasteiger partial charge in [0.1, 0.15) is 6.17 Å². The predicted octanol–water partition coefficient (Wildman–Crippen LogP) is 3.95. The first-order chi connectivity index (χ1) is 7.81. The molecule has 2 heteroatoms. The fourth-order valence-corrected chi connectivity index (χ4v) is 1.54. The van der Waals surface area contributed by atoms with Crippen LogP contribution in [0.1, 0.15) is 11.7 Å². The van der Waals surface area contributed by atoms with E-state index >= 15 is 0 Å². The molecule has 0 amide bonds. The molecule has 0 radical (unpaired) electrons. The summed E-state index contributed by atoms with van der Waals surface area (Å²) in [6.07, 6.45) is 3.68. The quantitative estimate of drug-likeness (QED) is 0.703. The van der Waals surface area contributed by atoms with Gasteiger partial charge >= 0.3 is 0 Å². The Morgan fingerprint density at radius 2 is 1.56 bits per heavy atom. The van der Waals surface area contributed by atoms with Crippen LogP contribution in [-0.4, -0.2) is 4.98 Å². The Kier molecular flexibility index (Phi) is 3.10. The number of halogens is 1. The van der Waals surface area contributed by atoms with E-state index in [0.29, 0.717) is 5.56 Å². The first-order valence-electron chi connectivity index (χ1n) is 5.08. The number of pyridine rings is 1. The zero-order valence-electron chi connectivity index (χ0n) is 8.81. The molecule has 1 unspecified atom stereocenters. The van der Waals surface area contributed by atoms with Gasteiger partial charge in [0.25, 0.3) is 0 Å². The number of rotatable bonds is 3. The standard InChI is InChI=1S/C14H12FN/c1-2-14(15)13-5-3-11(4-6-13)12-7-9-16-10-8-12/h2-10,14H,1H2. The summed E-state index contributed by atoms with van der Waals surface area (Å²) in [5, 5.41) is 0. The highest BCUT2D eigenvalue weighted by molar-refractivity contribution is 5.63. The molecule has 0 saturated carbocycles. The summed E-state index contributed by atoms with van der Waals surface area (Å²) >= 11 is 0. The second-order valence-electron chi connectivity index (χ2n) is 3.50. The third-order valence-corrected chi connectivity index (χ3v) is 2.45. The number of allylic oxidation sites excluding steroid dienone is 1. The second kappa shape index (κ2) is 4.71. The summed E-state index contributed by atoms with van der Waals surface area (Å²) in [6, 6.07) is 11.2. The van der Waals surface area contributed by atoms with Crippen molar-refractivity contribution in [1.82, 2.24) is 4.98 Å². The molecule has 2 aromatic rings. The lowest BCUT2D eigenvalue weighted by Crippen LogP contribution is -1.86. The van der Waals surface area contributed by atoms with Crippen molar-refractivity contribution >= 4 is 0 Å². The van der Waals surface area contributed by atoms with Gasteiger partial charge in [-0.25, -0.2) is 4.39 Å². The maximum absolute atomic E-state index is 13.3. The highest BCUT2D eigenvalue weighted by Crippen LogP contribution is 2.23. The lowest BCUT2D eigenvalue weighted by atomic mass is 10.0. The maximum atomic E-state index is 13.3. The number of alkyl halides is 1. The first-order valence-corrected chi connectivity index (χ1v) is 5.08. The van der Waals surface area contributed by atoms with Crippen molar-refractivity contribution in [3.8, 4) is 11.1 Å². The van der Waals surface area contributed by atoms with E-state index in [1.54, 1.807) is 24.5 Å². The molecule has 0 spiro atoms. The highest BCUT2D eigenvalue weighted by Gasteiger charge is 2.04. The van der Waals surface area contributed by atoms with Crippen LogP contribution < -0.4 is 0 Å². The van der Waals surface area contributed by atoms with Gasteiger partial charge in [-0.15, -0.1) is 0 Å². The Morgan fingerprint density at radius 3 is 2.12 bits per heavy atom. The molecular formula is C14H12FN. The van der Waals surface area contributed by atoms with E-state index < -0.39 is 6.17 Å². The lowest BCUT2D eigenvalue weighted by Gasteiger charge is -2.05. The van der Waals surface area contributed by atoms with Gasteiger partial charge < -0.3 is 0 Å². The summed E-state index contributed by atoms with van der Waals surface area (Å²) in [5.74, 6) is 0. The van der Waals surface area contributed by atoms with Gasteiger partial charge in [0, 0.05) is 12.4 Å². The normalized spacial score (nSPS) is 12.1. The Balaban J connectivity index is 2.30. The fraction of sp³-hybridized carbons (Fsp3) is 0.0714. The maximum Gasteiger partial charge on any atom is 0.143 e. The molecule has 1 nitrogen and oxygen atoms in total. The van der Waals surface area contributed by atoms with Crippen LogP contribution in [0, 0.1) is 0 Å². The van der Waals surface area contributed by atoms with Gasteiger partial charge in [0.15, 0.2) is 0 Å². The van der Waals surface area contributed by atoms with Crippen LogP contribution in [0.5, 0.6) is 0 Å². The monoisotopic (exact) mass is 213 g/mol. The molecule has 16 heavy (non-hydrogen) atoms. The van der Waals surface area contributed by atoms with Crippen LogP contribution in [0.4, 0.5) is 4.39 Å². The fourth-order valence-electron chi connectivity index (χ4n) is 1.54. The third kappa shape index (κ3) is 2.16. The minimum Gasteiger partial charge on any atom is -0.265 e. The summed E-state index contributed by atoms with van der Waals surface area (Å²) in [7, 11) is 0. The molecule has 0 aliphatic carbocycles. The number of hydrogen-bond acceptors (Lipinski definition) is 1. The van der Waals surface area contributed by atoms with Crippen LogP contribution in [0.15, 0.2) is 61.4 Å². The lowest BCUT2D eigenvalue weighted by molar-refractivity contribution is 0.415. The summed E-state index contributed by atoms with van der Waals surface area (Å²) in [6.45, 7) is 3.43. The molecule has 0 N–H and O–H groups in total. The summed E-state index contributed by atoms with van der Waals surface area (Å²) in [4.78, 5) is 3.96. The SMILES string of the molecule is C=CC(F)c1ccc(-c2ccncc2)cc1. The average Bonchev–Trinajstić information content (AvgIpc) is 2.39. The minimum atomic E-state index is -1.09. The molecule has 80 valence electrons. The van der Waals surface area contributed by atoms with E-state index in [9.17, 15) is 4.39 Å². The van der Waals surface area contributed by atoms with E-state index in [-0.39, 0.29) is 0 Å². The first kappa shape index (κ1) is 10.6. The molecule has 1 aromatic heterocycles. The van der Waals surface area contributed by atoms with Gasteiger partial charge in [0.2, 0.25) is 0 Å². The van der Waals surface area contributed by atoms with Crippen LogP contribution in [-0.2, 0) is 0 Å². The van der Waals surface area contributed by atoms with E-state index in [0.717, 1.165) is 11.1 Å². The van der Waals surface area contributed by atoms with Crippen molar-refractivity contribution in [3.63, 3.8) is 0 Å². The van der Waals surface area contributed by atoms with Gasteiger partial charge in [-0.05, 0) is 28.8 Å². The Morgan fingerprint density at radius 1 is 1.00 bits per heavy atom. The second-order valence-corrected chi connectivity index (χ2v) is 3.50. The smallest absolute Gasteiger partial charge is 0.143 e. The van der Waals surface area contributed by atoms with Crippen molar-refractivity contribution in [3.05, 3.63) is 67.0 Å². The molecule has 0 bridgehead atoms. The van der Waals surface area contributed by atoms with Crippen molar-refractivity contribution in [2.75, 3.05) is 0 Å². The summed E-state index contributed by atoms with van der Waals surface area (Å²) < 4.78 is 13.3. The molecule has 0 aliphatic rings. The third-order valence-electron chi connectivity index (χ3n) is 2.45. The molecular weight excluding hydrogens is 201 g/mol. The topological polar surface area (TPSA) is 12.9 Å². The number of aromatic nitrogens is 1. The Bertz CT molecular complexity index is 462. The van der Waals surface area contributed by atoms with Crippen LogP contribution >= 0.6 is 0 Å². The van der Waals surface area contributed by atoms with Crippen LogP contribution in [0.3, 0.4) is 0 Å². The van der Waals surface area contributed by atoms with E-state index in [2.05, 4.69) is 11.6 Å². The number of hydrogen-bond donors (Lipinski definition) is 0. The molecule has 0 saturated heterocycles. The van der Waals surface area contributed by atoms with Gasteiger partial charge in [-0.1, -0.05) is 36.9 Å². The molecule has 1 aromatic carbocycles. The van der Waals surface area contributed by atoms with Crippen molar-refractivity contribution in [2.24, 2.45) is 0 Å². The molecule has 0 aliphatic heterocycles. The Labute approximate surface area is 94.3 Å². The van der Waals surface area contributed by atoms with Crippen molar-refractivity contribution < 1.29 is 4.39 Å². The van der Waals surface area contributed by atoms with Crippen molar-refractivity contribution in [2.45, 2.75) is 6.17 Å². The minimum absolute atomic E-state index is 0.632. The van der Waals surface area contributed by atoms with Gasteiger partial charge in [0.05, 0.1) is 0 Å². The van der Waals surface area contributed by atoms with E-state index in [1.165, 1.54) is 6.08 Å². The molecule has 0 fully saturated rings. The van der Waals surface area contributed by atoms with E-state index in [4.69, 9.17) is 0 Å². The van der Waals surface area contributed by atoms with Gasteiger partial charge in [-0.3, -0.25) is 4.98 Å². The number of nitrogens with zero attached hydrogens (tertiary/aromatic N) is 1. The van der Waals surface area contributed by atoms with Crippen LogP contribution in [0.2, 0.25) is 0 Å².